The maximum atomic E-state index is 12.6. The highest BCUT2D eigenvalue weighted by Gasteiger charge is 2.36. The van der Waals surface area contributed by atoms with Crippen molar-refractivity contribution in [3.63, 3.8) is 0 Å². The normalized spacial score (nSPS) is 21.4. The van der Waals surface area contributed by atoms with Gasteiger partial charge in [0.2, 0.25) is 5.91 Å². The molecule has 1 aliphatic heterocycles. The van der Waals surface area contributed by atoms with Gasteiger partial charge in [0.1, 0.15) is 11.9 Å². The highest BCUT2D eigenvalue weighted by atomic mass is 16.5. The van der Waals surface area contributed by atoms with E-state index in [0.717, 1.165) is 11.0 Å². The summed E-state index contributed by atoms with van der Waals surface area (Å²) < 4.78 is 4.75. The van der Waals surface area contributed by atoms with Crippen LogP contribution in [0, 0.1) is 0 Å². The number of fused-ring (bicyclic) bond motifs is 1. The fourth-order valence-corrected chi connectivity index (χ4v) is 2.94. The third-order valence-electron chi connectivity index (χ3n) is 4.13. The van der Waals surface area contributed by atoms with E-state index in [0.29, 0.717) is 18.8 Å². The number of amides is 1. The molecule has 0 aliphatic carbocycles. The standard InChI is InChI=1S/C16H19N3O4/c1-23-16(22)13-8-10(20)6-7-19(13)15(21)9-14-17-11-4-2-3-5-12(11)18-14/h2-5,10,13,20H,6-9H2,1H3,(H,17,18)/t10-,13+/m0/s1. The van der Waals surface area contributed by atoms with Crippen molar-refractivity contribution in [1.82, 2.24) is 14.9 Å². The second-order valence-corrected chi connectivity index (χ2v) is 5.68. The number of aliphatic hydroxyl groups excluding tert-OH is 1. The molecule has 2 aromatic rings. The third-order valence-corrected chi connectivity index (χ3v) is 4.13. The predicted molar refractivity (Wildman–Crippen MR) is 82.6 cm³/mol. The number of likely N-dealkylation sites (tertiary alicyclic amines) is 1. The Hall–Kier alpha value is -2.41. The lowest BCUT2D eigenvalue weighted by atomic mass is 9.99. The van der Waals surface area contributed by atoms with Crippen LogP contribution < -0.4 is 0 Å². The summed E-state index contributed by atoms with van der Waals surface area (Å²) in [4.78, 5) is 33.4. The first kappa shape index (κ1) is 15.5. The largest absolute Gasteiger partial charge is 0.467 e. The molecule has 1 aromatic heterocycles. The van der Waals surface area contributed by atoms with Crippen LogP contribution in [0.4, 0.5) is 0 Å². The molecule has 1 fully saturated rings. The van der Waals surface area contributed by atoms with Crippen LogP contribution in [0.3, 0.4) is 0 Å². The minimum atomic E-state index is -0.736. The molecule has 2 N–H and O–H groups in total. The number of rotatable bonds is 3. The second kappa shape index (κ2) is 6.37. The van der Waals surface area contributed by atoms with E-state index in [9.17, 15) is 14.7 Å². The monoisotopic (exact) mass is 317 g/mol. The van der Waals surface area contributed by atoms with Gasteiger partial charge < -0.3 is 19.7 Å². The van der Waals surface area contributed by atoms with Crippen molar-refractivity contribution in [2.75, 3.05) is 13.7 Å². The van der Waals surface area contributed by atoms with Gasteiger partial charge in [0.05, 0.1) is 30.7 Å². The number of benzene rings is 1. The van der Waals surface area contributed by atoms with Crippen LogP contribution in [-0.2, 0) is 20.7 Å². The maximum Gasteiger partial charge on any atom is 0.328 e. The molecule has 0 unspecified atom stereocenters. The van der Waals surface area contributed by atoms with E-state index < -0.39 is 18.1 Å². The number of nitrogens with one attached hydrogen (secondary N) is 1. The van der Waals surface area contributed by atoms with Gasteiger partial charge in [0.15, 0.2) is 0 Å². The summed E-state index contributed by atoms with van der Waals surface area (Å²) >= 11 is 0. The molecule has 23 heavy (non-hydrogen) atoms. The number of nitrogens with zero attached hydrogens (tertiary/aromatic N) is 2. The van der Waals surface area contributed by atoms with Crippen molar-refractivity contribution in [2.24, 2.45) is 0 Å². The maximum absolute atomic E-state index is 12.6. The number of H-pyrrole nitrogens is 1. The van der Waals surface area contributed by atoms with Gasteiger partial charge in [-0.15, -0.1) is 0 Å². The number of piperidine rings is 1. The minimum Gasteiger partial charge on any atom is -0.467 e. The van der Waals surface area contributed by atoms with Crippen molar-refractivity contribution in [2.45, 2.75) is 31.4 Å². The molecule has 3 rings (SSSR count). The Morgan fingerprint density at radius 3 is 2.96 bits per heavy atom. The van der Waals surface area contributed by atoms with Crippen LogP contribution in [0.5, 0.6) is 0 Å². The molecule has 122 valence electrons. The van der Waals surface area contributed by atoms with E-state index in [-0.39, 0.29) is 18.7 Å². The zero-order valence-corrected chi connectivity index (χ0v) is 12.9. The molecule has 0 spiro atoms. The zero-order valence-electron chi connectivity index (χ0n) is 12.9. The van der Waals surface area contributed by atoms with Crippen molar-refractivity contribution in [3.8, 4) is 0 Å². The molecule has 2 heterocycles. The highest BCUT2D eigenvalue weighted by Crippen LogP contribution is 2.20. The second-order valence-electron chi connectivity index (χ2n) is 5.68. The van der Waals surface area contributed by atoms with Crippen molar-refractivity contribution in [3.05, 3.63) is 30.1 Å². The van der Waals surface area contributed by atoms with Crippen LogP contribution in [0.2, 0.25) is 0 Å². The van der Waals surface area contributed by atoms with Crippen molar-refractivity contribution in [1.29, 1.82) is 0 Å². The summed E-state index contributed by atoms with van der Waals surface area (Å²) in [5, 5.41) is 9.74. The van der Waals surface area contributed by atoms with E-state index in [1.165, 1.54) is 12.0 Å². The highest BCUT2D eigenvalue weighted by molar-refractivity contribution is 5.86. The topological polar surface area (TPSA) is 95.5 Å². The lowest BCUT2D eigenvalue weighted by Crippen LogP contribution is -2.52. The number of hydrogen-bond acceptors (Lipinski definition) is 5. The lowest BCUT2D eigenvalue weighted by Gasteiger charge is -2.35. The number of aliphatic hydroxyl groups is 1. The molecule has 1 aliphatic rings. The first-order valence-corrected chi connectivity index (χ1v) is 7.57. The first-order valence-electron chi connectivity index (χ1n) is 7.57. The van der Waals surface area contributed by atoms with Gasteiger partial charge in [-0.1, -0.05) is 12.1 Å². The Kier molecular flexibility index (Phi) is 4.29. The number of ether oxygens (including phenoxy) is 1. The average molecular weight is 317 g/mol. The molecular formula is C16H19N3O4. The molecule has 7 nitrogen and oxygen atoms in total. The number of carbonyl (C=O) groups excluding carboxylic acids is 2. The van der Waals surface area contributed by atoms with E-state index >= 15 is 0 Å². The van der Waals surface area contributed by atoms with Crippen molar-refractivity contribution >= 4 is 22.9 Å². The Labute approximate surface area is 133 Å². The summed E-state index contributed by atoms with van der Waals surface area (Å²) in [5.74, 6) is -0.140. The first-order chi connectivity index (χ1) is 11.1. The Morgan fingerprint density at radius 1 is 1.43 bits per heavy atom. The summed E-state index contributed by atoms with van der Waals surface area (Å²) in [6, 6.07) is 6.80. The van der Waals surface area contributed by atoms with E-state index in [2.05, 4.69) is 9.97 Å². The van der Waals surface area contributed by atoms with Crippen LogP contribution in [0.25, 0.3) is 11.0 Å². The average Bonchev–Trinajstić information content (AvgIpc) is 2.96. The molecule has 1 saturated heterocycles. The lowest BCUT2D eigenvalue weighted by molar-refractivity contribution is -0.156. The molecule has 1 amide bonds. The van der Waals surface area contributed by atoms with E-state index in [1.807, 2.05) is 24.3 Å². The van der Waals surface area contributed by atoms with Crippen LogP contribution in [-0.4, -0.2) is 57.7 Å². The van der Waals surface area contributed by atoms with Gasteiger partial charge in [-0.05, 0) is 18.6 Å². The number of para-hydroxylation sites is 2. The smallest absolute Gasteiger partial charge is 0.328 e. The number of aromatic nitrogens is 2. The number of imidazole rings is 1. The quantitative estimate of drug-likeness (QED) is 0.810. The van der Waals surface area contributed by atoms with Gasteiger partial charge in [-0.3, -0.25) is 4.79 Å². The number of aromatic amines is 1. The Balaban J connectivity index is 1.76. The SMILES string of the molecule is COC(=O)[C@H]1C[C@@H](O)CCN1C(=O)Cc1nc2ccccc2[nH]1. The zero-order chi connectivity index (χ0) is 16.4. The summed E-state index contributed by atoms with van der Waals surface area (Å²) in [5.41, 5.74) is 1.67. The molecular weight excluding hydrogens is 298 g/mol. The van der Waals surface area contributed by atoms with Crippen LogP contribution in [0.1, 0.15) is 18.7 Å². The fraction of sp³-hybridized carbons (Fsp3) is 0.438. The Morgan fingerprint density at radius 2 is 2.22 bits per heavy atom. The molecule has 0 saturated carbocycles. The predicted octanol–water partition coefficient (Wildman–Crippen LogP) is 0.630. The molecule has 0 radical (unpaired) electrons. The number of methoxy groups -OCH3 is 1. The summed E-state index contributed by atoms with van der Waals surface area (Å²) in [6.45, 7) is 0.333. The fourth-order valence-electron chi connectivity index (χ4n) is 2.94. The third kappa shape index (κ3) is 3.19. The van der Waals surface area contributed by atoms with E-state index in [4.69, 9.17) is 4.74 Å². The van der Waals surface area contributed by atoms with Crippen LogP contribution >= 0.6 is 0 Å². The number of hydrogen-bond donors (Lipinski definition) is 2. The molecule has 1 aromatic carbocycles. The summed E-state index contributed by atoms with van der Waals surface area (Å²) in [6.07, 6.45) is 0.158. The van der Waals surface area contributed by atoms with Crippen molar-refractivity contribution < 1.29 is 19.4 Å². The number of carbonyl (C=O) groups is 2. The van der Waals surface area contributed by atoms with Gasteiger partial charge >= 0.3 is 5.97 Å². The van der Waals surface area contributed by atoms with Gasteiger partial charge in [0.25, 0.3) is 0 Å². The summed E-state index contributed by atoms with van der Waals surface area (Å²) in [7, 11) is 1.28. The minimum absolute atomic E-state index is 0.0816. The van der Waals surface area contributed by atoms with Gasteiger partial charge in [-0.2, -0.15) is 0 Å². The Bertz CT molecular complexity index is 694. The number of esters is 1. The van der Waals surface area contributed by atoms with Crippen LogP contribution in [0.15, 0.2) is 24.3 Å². The molecule has 2 atom stereocenters. The van der Waals surface area contributed by atoms with E-state index in [1.54, 1.807) is 0 Å². The molecule has 7 heteroatoms. The van der Waals surface area contributed by atoms with Gasteiger partial charge in [0, 0.05) is 13.0 Å². The molecule has 0 bridgehead atoms. The van der Waals surface area contributed by atoms with Gasteiger partial charge in [-0.25, -0.2) is 9.78 Å².